The average molecular weight is 301 g/mol. The number of hydrogen-bond donors (Lipinski definition) is 0. The number of ketones is 1. The second kappa shape index (κ2) is 6.86. The molecule has 0 amide bonds. The second-order valence-electron chi connectivity index (χ2n) is 4.39. The van der Waals surface area contributed by atoms with Crippen LogP contribution in [0.5, 0.6) is 5.75 Å². The van der Waals surface area contributed by atoms with Crippen molar-refractivity contribution in [1.29, 1.82) is 0 Å². The van der Waals surface area contributed by atoms with E-state index < -0.39 is 5.97 Å². The third-order valence-electron chi connectivity index (χ3n) is 2.74. The summed E-state index contributed by atoms with van der Waals surface area (Å²) in [6.07, 6.45) is 2.96. The highest BCUT2D eigenvalue weighted by atomic mass is 35.5. The summed E-state index contributed by atoms with van der Waals surface area (Å²) >= 11 is 5.78. The number of ether oxygens (including phenoxy) is 1. The third-order valence-corrected chi connectivity index (χ3v) is 2.99. The van der Waals surface area contributed by atoms with E-state index in [4.69, 9.17) is 16.3 Å². The van der Waals surface area contributed by atoms with Crippen molar-refractivity contribution < 1.29 is 14.3 Å². The van der Waals surface area contributed by atoms with Gasteiger partial charge in [0.15, 0.2) is 5.78 Å². The molecule has 0 saturated carbocycles. The van der Waals surface area contributed by atoms with Gasteiger partial charge in [0.2, 0.25) is 0 Å². The van der Waals surface area contributed by atoms with Crippen LogP contribution >= 0.6 is 11.6 Å². The van der Waals surface area contributed by atoms with Crippen LogP contribution in [0.4, 0.5) is 0 Å². The van der Waals surface area contributed by atoms with Crippen LogP contribution in [-0.4, -0.2) is 11.8 Å². The molecule has 0 bridgehead atoms. The molecule has 21 heavy (non-hydrogen) atoms. The lowest BCUT2D eigenvalue weighted by Gasteiger charge is -2.02. The molecule has 0 heterocycles. The molecule has 2 aromatic carbocycles. The summed E-state index contributed by atoms with van der Waals surface area (Å²) in [5, 5.41) is 0.635. The van der Waals surface area contributed by atoms with Crippen molar-refractivity contribution in [3.63, 3.8) is 0 Å². The van der Waals surface area contributed by atoms with E-state index in [1.165, 1.54) is 19.1 Å². The predicted molar refractivity (Wildman–Crippen MR) is 82.6 cm³/mol. The fraction of sp³-hybridized carbons (Fsp3) is 0.0588. The summed E-state index contributed by atoms with van der Waals surface area (Å²) in [4.78, 5) is 23.0. The fourth-order valence-corrected chi connectivity index (χ4v) is 1.79. The van der Waals surface area contributed by atoms with E-state index in [2.05, 4.69) is 0 Å². The van der Waals surface area contributed by atoms with E-state index in [0.717, 1.165) is 5.56 Å². The lowest BCUT2D eigenvalue weighted by Crippen LogP contribution is -2.04. The number of benzene rings is 2. The van der Waals surface area contributed by atoms with E-state index in [1.54, 1.807) is 48.5 Å². The minimum Gasteiger partial charge on any atom is -0.423 e. The van der Waals surface area contributed by atoms with Gasteiger partial charge in [-0.2, -0.15) is 0 Å². The van der Waals surface area contributed by atoms with E-state index >= 15 is 0 Å². The van der Waals surface area contributed by atoms with Crippen molar-refractivity contribution in [2.24, 2.45) is 0 Å². The molecule has 3 nitrogen and oxygen atoms in total. The smallest absolute Gasteiger partial charge is 0.336 e. The molecule has 0 saturated heterocycles. The molecule has 0 N–H and O–H groups in total. The van der Waals surface area contributed by atoms with Crippen LogP contribution in [0.2, 0.25) is 5.02 Å². The molecule has 0 atom stereocenters. The van der Waals surface area contributed by atoms with E-state index in [-0.39, 0.29) is 5.78 Å². The van der Waals surface area contributed by atoms with Gasteiger partial charge in [0.1, 0.15) is 5.75 Å². The van der Waals surface area contributed by atoms with Gasteiger partial charge >= 0.3 is 5.97 Å². The molecule has 0 aliphatic rings. The summed E-state index contributed by atoms with van der Waals surface area (Å²) in [5.74, 6) is -0.247. The Bertz CT molecular complexity index is 687. The van der Waals surface area contributed by atoms with Crippen molar-refractivity contribution in [2.75, 3.05) is 0 Å². The Kier molecular flexibility index (Phi) is 4.90. The van der Waals surface area contributed by atoms with Gasteiger partial charge in [0.05, 0.1) is 0 Å². The van der Waals surface area contributed by atoms with Gasteiger partial charge < -0.3 is 4.74 Å². The number of esters is 1. The Morgan fingerprint density at radius 2 is 1.81 bits per heavy atom. The molecular weight excluding hydrogens is 288 g/mol. The van der Waals surface area contributed by atoms with Gasteiger partial charge in [-0.05, 0) is 42.8 Å². The zero-order chi connectivity index (χ0) is 15.2. The monoisotopic (exact) mass is 300 g/mol. The fourth-order valence-electron chi connectivity index (χ4n) is 1.67. The van der Waals surface area contributed by atoms with Gasteiger partial charge in [0, 0.05) is 16.7 Å². The summed E-state index contributed by atoms with van der Waals surface area (Å²) in [6, 6.07) is 13.6. The normalized spacial score (nSPS) is 10.6. The molecular formula is C17H13ClO3. The number of carbonyl (C=O) groups is 2. The second-order valence-corrected chi connectivity index (χ2v) is 4.83. The number of carbonyl (C=O) groups excluding carboxylic acids is 2. The first-order valence-electron chi connectivity index (χ1n) is 6.31. The molecule has 4 heteroatoms. The molecule has 0 radical (unpaired) electrons. The maximum Gasteiger partial charge on any atom is 0.336 e. The summed E-state index contributed by atoms with van der Waals surface area (Å²) in [7, 11) is 0. The molecule has 106 valence electrons. The zero-order valence-electron chi connectivity index (χ0n) is 11.4. The van der Waals surface area contributed by atoms with Crippen LogP contribution < -0.4 is 4.74 Å². The number of hydrogen-bond acceptors (Lipinski definition) is 3. The summed E-state index contributed by atoms with van der Waals surface area (Å²) in [5.41, 5.74) is 1.34. The Morgan fingerprint density at radius 3 is 2.48 bits per heavy atom. The summed E-state index contributed by atoms with van der Waals surface area (Å²) in [6.45, 7) is 1.46. The van der Waals surface area contributed by atoms with Crippen molar-refractivity contribution >= 4 is 29.4 Å². The van der Waals surface area contributed by atoms with Crippen LogP contribution in [0.15, 0.2) is 54.6 Å². The Hall–Kier alpha value is -2.39. The maximum absolute atomic E-state index is 11.7. The SMILES string of the molecule is CC(=O)c1cccc(OC(=O)/C=C/c2ccc(Cl)cc2)c1. The van der Waals surface area contributed by atoms with Crippen LogP contribution in [0.1, 0.15) is 22.8 Å². The van der Waals surface area contributed by atoms with Gasteiger partial charge in [0.25, 0.3) is 0 Å². The molecule has 0 aliphatic carbocycles. The zero-order valence-corrected chi connectivity index (χ0v) is 12.1. The van der Waals surface area contributed by atoms with Crippen LogP contribution in [-0.2, 0) is 4.79 Å². The molecule has 0 spiro atoms. The van der Waals surface area contributed by atoms with Crippen LogP contribution in [0.3, 0.4) is 0 Å². The summed E-state index contributed by atoms with van der Waals surface area (Å²) < 4.78 is 5.15. The van der Waals surface area contributed by atoms with Crippen LogP contribution in [0.25, 0.3) is 6.08 Å². The predicted octanol–water partition coefficient (Wildman–Crippen LogP) is 4.16. The van der Waals surface area contributed by atoms with E-state index in [1.807, 2.05) is 0 Å². The average Bonchev–Trinajstić information content (AvgIpc) is 2.47. The highest BCUT2D eigenvalue weighted by molar-refractivity contribution is 6.30. The Labute approximate surface area is 127 Å². The maximum atomic E-state index is 11.7. The highest BCUT2D eigenvalue weighted by Gasteiger charge is 2.04. The van der Waals surface area contributed by atoms with E-state index in [9.17, 15) is 9.59 Å². The third kappa shape index (κ3) is 4.58. The highest BCUT2D eigenvalue weighted by Crippen LogP contribution is 2.15. The molecule has 0 aliphatic heterocycles. The number of rotatable bonds is 4. The lowest BCUT2D eigenvalue weighted by molar-refractivity contribution is -0.128. The standard InChI is InChI=1S/C17H13ClO3/c1-12(19)14-3-2-4-16(11-14)21-17(20)10-7-13-5-8-15(18)9-6-13/h2-11H,1H3/b10-7+. The van der Waals surface area contributed by atoms with E-state index in [0.29, 0.717) is 16.3 Å². The Morgan fingerprint density at radius 1 is 1.10 bits per heavy atom. The molecule has 0 aromatic heterocycles. The molecule has 0 fully saturated rings. The van der Waals surface area contributed by atoms with Gasteiger partial charge in [-0.25, -0.2) is 4.79 Å². The quantitative estimate of drug-likeness (QED) is 0.368. The lowest BCUT2D eigenvalue weighted by atomic mass is 10.1. The number of halogens is 1. The Balaban J connectivity index is 2.03. The largest absolute Gasteiger partial charge is 0.423 e. The van der Waals surface area contributed by atoms with Gasteiger partial charge in [-0.15, -0.1) is 0 Å². The van der Waals surface area contributed by atoms with Crippen molar-refractivity contribution in [3.05, 3.63) is 70.8 Å². The molecule has 0 unspecified atom stereocenters. The van der Waals surface area contributed by atoms with Crippen LogP contribution in [0, 0.1) is 0 Å². The molecule has 2 rings (SSSR count). The first kappa shape index (κ1) is 15.0. The first-order valence-corrected chi connectivity index (χ1v) is 6.69. The minimum atomic E-state index is -0.509. The minimum absolute atomic E-state index is 0.0791. The topological polar surface area (TPSA) is 43.4 Å². The molecule has 2 aromatic rings. The first-order chi connectivity index (χ1) is 10.0. The van der Waals surface area contributed by atoms with Crippen molar-refractivity contribution in [2.45, 2.75) is 6.92 Å². The van der Waals surface area contributed by atoms with Crippen molar-refractivity contribution in [3.8, 4) is 5.75 Å². The van der Waals surface area contributed by atoms with Gasteiger partial charge in [-0.3, -0.25) is 4.79 Å². The van der Waals surface area contributed by atoms with Crippen molar-refractivity contribution in [1.82, 2.24) is 0 Å². The number of Topliss-reactive ketones (excluding diaryl/α,β-unsaturated/α-hetero) is 1. The van der Waals surface area contributed by atoms with Gasteiger partial charge in [-0.1, -0.05) is 35.9 Å².